The van der Waals surface area contributed by atoms with Gasteiger partial charge in [-0.3, -0.25) is 14.6 Å². The number of likely N-dealkylation sites (N-methyl/N-ethyl adjacent to an activating group) is 1. The number of nitrogens with zero attached hydrogens (tertiary/aromatic N) is 3. The monoisotopic (exact) mass is 393 g/mol. The lowest BCUT2D eigenvalue weighted by Crippen LogP contribution is -2.38. The van der Waals surface area contributed by atoms with Gasteiger partial charge in [-0.25, -0.2) is 0 Å². The summed E-state index contributed by atoms with van der Waals surface area (Å²) in [6.07, 6.45) is 1.63. The zero-order chi connectivity index (χ0) is 21.0. The maximum Gasteiger partial charge on any atom is 0.295 e. The fraction of sp³-hybridized carbons (Fsp3) is 0.348. The molecule has 2 heterocycles. The summed E-state index contributed by atoms with van der Waals surface area (Å²) in [5.41, 5.74) is 2.22. The Balaban J connectivity index is 2.06. The van der Waals surface area contributed by atoms with Crippen LogP contribution in [0.5, 0.6) is 0 Å². The number of carbonyl (C=O) groups is 2. The molecule has 1 N–H and O–H groups in total. The molecule has 3 rings (SSSR count). The Bertz CT molecular complexity index is 903. The maximum atomic E-state index is 12.9. The number of ketones is 1. The molecule has 0 bridgehead atoms. The molecule has 1 aliphatic heterocycles. The summed E-state index contributed by atoms with van der Waals surface area (Å²) in [7, 11) is 0. The van der Waals surface area contributed by atoms with Crippen LogP contribution in [0.3, 0.4) is 0 Å². The largest absolute Gasteiger partial charge is 0.507 e. The number of aliphatic hydroxyl groups excluding tert-OH is 1. The number of hydrogen-bond acceptors (Lipinski definition) is 5. The first kappa shape index (κ1) is 20.7. The van der Waals surface area contributed by atoms with Crippen molar-refractivity contribution in [1.29, 1.82) is 0 Å². The van der Waals surface area contributed by atoms with E-state index in [1.165, 1.54) is 4.90 Å². The number of rotatable bonds is 7. The fourth-order valence-corrected chi connectivity index (χ4v) is 3.61. The molecule has 6 nitrogen and oxygen atoms in total. The average molecular weight is 393 g/mol. The molecule has 1 atom stereocenters. The number of carbonyl (C=O) groups excluding carboxylic acids is 2. The standard InChI is InChI=1S/C23H27N3O3/c1-4-25(5-2)14-15-26-20(18-8-6-7-13-24-18)19(22(28)23(26)29)21(27)17-11-9-16(3)10-12-17/h6-13,20,27H,4-5,14-15H2,1-3H3/t20-/m0/s1. The molecule has 1 fully saturated rings. The lowest BCUT2D eigenvalue weighted by molar-refractivity contribution is -0.140. The van der Waals surface area contributed by atoms with Gasteiger partial charge in [0.05, 0.1) is 11.3 Å². The van der Waals surface area contributed by atoms with Crippen LogP contribution in [-0.4, -0.2) is 57.8 Å². The summed E-state index contributed by atoms with van der Waals surface area (Å²) in [5, 5.41) is 11.0. The minimum absolute atomic E-state index is 0.0945. The van der Waals surface area contributed by atoms with Crippen LogP contribution in [0.15, 0.2) is 54.2 Å². The Kier molecular flexibility index (Phi) is 6.44. The Morgan fingerprint density at radius 2 is 1.79 bits per heavy atom. The predicted octanol–water partition coefficient (Wildman–Crippen LogP) is 3.15. The van der Waals surface area contributed by atoms with Crippen molar-refractivity contribution in [3.8, 4) is 0 Å². The van der Waals surface area contributed by atoms with E-state index < -0.39 is 17.7 Å². The van der Waals surface area contributed by atoms with Crippen LogP contribution in [0.25, 0.3) is 5.76 Å². The minimum atomic E-state index is -0.701. The third-order valence-electron chi connectivity index (χ3n) is 5.38. The van der Waals surface area contributed by atoms with Crippen LogP contribution >= 0.6 is 0 Å². The van der Waals surface area contributed by atoms with Crippen molar-refractivity contribution in [3.05, 3.63) is 71.1 Å². The summed E-state index contributed by atoms with van der Waals surface area (Å²) >= 11 is 0. The second kappa shape index (κ2) is 9.01. The van der Waals surface area contributed by atoms with E-state index in [1.54, 1.807) is 30.5 Å². The van der Waals surface area contributed by atoms with E-state index in [4.69, 9.17) is 0 Å². The van der Waals surface area contributed by atoms with E-state index in [0.717, 1.165) is 18.7 Å². The molecule has 29 heavy (non-hydrogen) atoms. The van der Waals surface area contributed by atoms with E-state index in [2.05, 4.69) is 23.7 Å². The summed E-state index contributed by atoms with van der Waals surface area (Å²) in [6, 6.07) is 11.9. The number of amides is 1. The van der Waals surface area contributed by atoms with Crippen molar-refractivity contribution >= 4 is 17.4 Å². The van der Waals surface area contributed by atoms with Crippen LogP contribution < -0.4 is 0 Å². The molecule has 1 amide bonds. The predicted molar refractivity (Wildman–Crippen MR) is 112 cm³/mol. The molecule has 0 radical (unpaired) electrons. The maximum absolute atomic E-state index is 12.9. The van der Waals surface area contributed by atoms with Crippen molar-refractivity contribution in [3.63, 3.8) is 0 Å². The topological polar surface area (TPSA) is 73.7 Å². The van der Waals surface area contributed by atoms with Gasteiger partial charge in [0.15, 0.2) is 0 Å². The van der Waals surface area contributed by atoms with Gasteiger partial charge in [0.1, 0.15) is 11.8 Å². The molecule has 1 aromatic carbocycles. The molecule has 1 saturated heterocycles. The van der Waals surface area contributed by atoms with Gasteiger partial charge >= 0.3 is 0 Å². The highest BCUT2D eigenvalue weighted by Gasteiger charge is 2.46. The molecule has 6 heteroatoms. The molecule has 1 aromatic heterocycles. The molecule has 2 aromatic rings. The Hall–Kier alpha value is -2.99. The molecular weight excluding hydrogens is 366 g/mol. The quantitative estimate of drug-likeness (QED) is 0.444. The SMILES string of the molecule is CCN(CC)CCN1C(=O)C(=O)C(=C(O)c2ccc(C)cc2)[C@@H]1c1ccccn1. The highest BCUT2D eigenvalue weighted by atomic mass is 16.3. The van der Waals surface area contributed by atoms with Crippen LogP contribution in [0.1, 0.15) is 36.7 Å². The van der Waals surface area contributed by atoms with Gasteiger partial charge in [-0.1, -0.05) is 49.7 Å². The summed E-state index contributed by atoms with van der Waals surface area (Å²) < 4.78 is 0. The van der Waals surface area contributed by atoms with E-state index in [1.807, 2.05) is 25.1 Å². The molecule has 0 unspecified atom stereocenters. The molecule has 152 valence electrons. The van der Waals surface area contributed by atoms with Crippen molar-refractivity contribution in [1.82, 2.24) is 14.8 Å². The second-order valence-corrected chi connectivity index (χ2v) is 7.14. The number of benzene rings is 1. The smallest absolute Gasteiger partial charge is 0.295 e. The number of aromatic nitrogens is 1. The number of pyridine rings is 1. The third-order valence-corrected chi connectivity index (χ3v) is 5.38. The number of aryl methyl sites for hydroxylation is 1. The zero-order valence-electron chi connectivity index (χ0n) is 17.1. The summed E-state index contributed by atoms with van der Waals surface area (Å²) in [4.78, 5) is 33.9. The normalized spacial score (nSPS) is 18.6. The van der Waals surface area contributed by atoms with E-state index in [9.17, 15) is 14.7 Å². The second-order valence-electron chi connectivity index (χ2n) is 7.14. The van der Waals surface area contributed by atoms with Gasteiger partial charge in [0.2, 0.25) is 0 Å². The van der Waals surface area contributed by atoms with E-state index in [0.29, 0.717) is 24.3 Å². The highest BCUT2D eigenvalue weighted by molar-refractivity contribution is 6.46. The summed E-state index contributed by atoms with van der Waals surface area (Å²) in [6.45, 7) is 8.82. The Labute approximate surface area is 171 Å². The first-order valence-corrected chi connectivity index (χ1v) is 9.96. The van der Waals surface area contributed by atoms with Crippen LogP contribution in [0.4, 0.5) is 0 Å². The van der Waals surface area contributed by atoms with Crippen LogP contribution in [0, 0.1) is 6.92 Å². The van der Waals surface area contributed by atoms with Crippen LogP contribution in [0.2, 0.25) is 0 Å². The Morgan fingerprint density at radius 1 is 1.10 bits per heavy atom. The highest BCUT2D eigenvalue weighted by Crippen LogP contribution is 2.38. The molecule has 0 aliphatic carbocycles. The van der Waals surface area contributed by atoms with Gasteiger partial charge in [-0.15, -0.1) is 0 Å². The minimum Gasteiger partial charge on any atom is -0.507 e. The molecular formula is C23H27N3O3. The number of aliphatic hydroxyl groups is 1. The summed E-state index contributed by atoms with van der Waals surface area (Å²) in [5.74, 6) is -1.43. The van der Waals surface area contributed by atoms with E-state index >= 15 is 0 Å². The van der Waals surface area contributed by atoms with Gasteiger partial charge in [-0.05, 0) is 32.1 Å². The number of hydrogen-bond donors (Lipinski definition) is 1. The fourth-order valence-electron chi connectivity index (χ4n) is 3.61. The van der Waals surface area contributed by atoms with Crippen molar-refractivity contribution < 1.29 is 14.7 Å². The van der Waals surface area contributed by atoms with Gasteiger partial charge < -0.3 is 14.9 Å². The molecule has 0 saturated carbocycles. The molecule has 0 spiro atoms. The first-order valence-electron chi connectivity index (χ1n) is 9.96. The van der Waals surface area contributed by atoms with Gasteiger partial charge in [0, 0.05) is 24.8 Å². The van der Waals surface area contributed by atoms with Crippen molar-refractivity contribution in [2.24, 2.45) is 0 Å². The lowest BCUT2D eigenvalue weighted by atomic mass is 9.98. The Morgan fingerprint density at radius 3 is 2.38 bits per heavy atom. The zero-order valence-corrected chi connectivity index (χ0v) is 17.1. The van der Waals surface area contributed by atoms with Gasteiger partial charge in [0.25, 0.3) is 11.7 Å². The lowest BCUT2D eigenvalue weighted by Gasteiger charge is -2.27. The first-order chi connectivity index (χ1) is 14.0. The average Bonchev–Trinajstić information content (AvgIpc) is 3.00. The van der Waals surface area contributed by atoms with Crippen molar-refractivity contribution in [2.75, 3.05) is 26.2 Å². The number of likely N-dealkylation sites (tertiary alicyclic amines) is 1. The van der Waals surface area contributed by atoms with Crippen molar-refractivity contribution in [2.45, 2.75) is 26.8 Å². The van der Waals surface area contributed by atoms with Gasteiger partial charge in [-0.2, -0.15) is 0 Å². The third kappa shape index (κ3) is 4.22. The molecule has 1 aliphatic rings. The number of Topliss-reactive ketones (excluding diaryl/α,β-unsaturated/α-hetero) is 1. The van der Waals surface area contributed by atoms with Crippen LogP contribution in [-0.2, 0) is 9.59 Å². The van der Waals surface area contributed by atoms with E-state index in [-0.39, 0.29) is 11.3 Å².